The van der Waals surface area contributed by atoms with Crippen molar-refractivity contribution < 1.29 is 31.5 Å². The van der Waals surface area contributed by atoms with Crippen molar-refractivity contribution in [3.63, 3.8) is 0 Å². The summed E-state index contributed by atoms with van der Waals surface area (Å²) in [4.78, 5) is 19.7. The molecule has 180 valence electrons. The van der Waals surface area contributed by atoms with Crippen molar-refractivity contribution in [1.82, 2.24) is 20.2 Å². The molecule has 0 saturated carbocycles. The number of halogens is 5. The second-order valence-electron chi connectivity index (χ2n) is 7.72. The summed E-state index contributed by atoms with van der Waals surface area (Å²) in [6.07, 6.45) is -2.28. The number of hydrogen-bond acceptors (Lipinski definition) is 5. The number of nitrogens with one attached hydrogen (secondary N) is 3. The predicted molar refractivity (Wildman–Crippen MR) is 114 cm³/mol. The van der Waals surface area contributed by atoms with Crippen LogP contribution in [0.2, 0.25) is 0 Å². The van der Waals surface area contributed by atoms with Crippen LogP contribution in [-0.2, 0) is 0 Å². The van der Waals surface area contributed by atoms with Crippen molar-refractivity contribution in [3.8, 4) is 17.0 Å². The van der Waals surface area contributed by atoms with Crippen LogP contribution >= 0.6 is 0 Å². The van der Waals surface area contributed by atoms with E-state index in [1.807, 2.05) is 0 Å². The summed E-state index contributed by atoms with van der Waals surface area (Å²) in [6.45, 7) is -0.522. The Morgan fingerprint density at radius 2 is 2.00 bits per heavy atom. The number of carbonyl (C=O) groups is 1. The normalized spacial score (nSPS) is 15.8. The van der Waals surface area contributed by atoms with Crippen LogP contribution in [0.25, 0.3) is 11.3 Å². The smallest absolute Gasteiger partial charge is 0.459 e. The molecule has 0 spiro atoms. The van der Waals surface area contributed by atoms with E-state index < -0.39 is 36.3 Å². The van der Waals surface area contributed by atoms with Gasteiger partial charge < -0.3 is 20.4 Å². The Labute approximate surface area is 190 Å². The fourth-order valence-corrected chi connectivity index (χ4v) is 3.91. The van der Waals surface area contributed by atoms with Crippen LogP contribution in [0.5, 0.6) is 5.75 Å². The molecule has 1 aromatic carbocycles. The molecule has 4 rings (SSSR count). The Morgan fingerprint density at radius 1 is 1.24 bits per heavy atom. The summed E-state index contributed by atoms with van der Waals surface area (Å²) in [5.41, 5.74) is 0.544. The number of fused-ring (bicyclic) bond motifs is 1. The Hall–Kier alpha value is -3.67. The van der Waals surface area contributed by atoms with Crippen molar-refractivity contribution in [3.05, 3.63) is 59.6 Å². The van der Waals surface area contributed by atoms with Crippen molar-refractivity contribution >= 4 is 17.3 Å². The minimum Gasteiger partial charge on any atom is -0.492 e. The molecule has 0 saturated heterocycles. The van der Waals surface area contributed by atoms with Gasteiger partial charge in [-0.3, -0.25) is 9.78 Å². The zero-order chi connectivity index (χ0) is 24.6. The van der Waals surface area contributed by atoms with E-state index in [9.17, 15) is 26.7 Å². The van der Waals surface area contributed by atoms with Crippen molar-refractivity contribution in [1.29, 1.82) is 0 Å². The number of para-hydroxylation sites is 1. The molecule has 0 radical (unpaired) electrons. The van der Waals surface area contributed by atoms with Gasteiger partial charge in [0.1, 0.15) is 0 Å². The van der Waals surface area contributed by atoms with Crippen LogP contribution in [-0.4, -0.2) is 54.3 Å². The van der Waals surface area contributed by atoms with Gasteiger partial charge >= 0.3 is 6.30 Å². The molecule has 1 aliphatic heterocycles. The highest BCUT2D eigenvalue weighted by Crippen LogP contribution is 2.42. The molecule has 1 aliphatic rings. The first kappa shape index (κ1) is 23.5. The summed E-state index contributed by atoms with van der Waals surface area (Å²) in [7, 11) is 2.16. The summed E-state index contributed by atoms with van der Waals surface area (Å²) in [5.74, 6) is -2.91. The highest BCUT2D eigenvalue weighted by molar-refractivity contribution is 6.06. The lowest BCUT2D eigenvalue weighted by Crippen LogP contribution is -2.43. The van der Waals surface area contributed by atoms with Crippen LogP contribution in [0.3, 0.4) is 0 Å². The number of likely N-dealkylation sites (N-methyl/N-ethyl adjacent to an activating group) is 1. The predicted octanol–water partition coefficient (Wildman–Crippen LogP) is 4.39. The van der Waals surface area contributed by atoms with E-state index in [0.29, 0.717) is 0 Å². The van der Waals surface area contributed by atoms with Gasteiger partial charge in [-0.2, -0.15) is 13.2 Å². The number of methoxy groups -OCH3 is 1. The number of H-pyrrole nitrogens is 1. The maximum atomic E-state index is 14.7. The first-order chi connectivity index (χ1) is 16.1. The maximum Gasteiger partial charge on any atom is 0.459 e. The molecule has 2 aromatic heterocycles. The molecule has 7 nitrogen and oxygen atoms in total. The number of alkyl halides is 3. The lowest BCUT2D eigenvalue weighted by molar-refractivity contribution is -0.237. The Bertz CT molecular complexity index is 1230. The van der Waals surface area contributed by atoms with Crippen molar-refractivity contribution in [2.24, 2.45) is 0 Å². The van der Waals surface area contributed by atoms with Gasteiger partial charge in [0.25, 0.3) is 5.91 Å². The zero-order valence-electron chi connectivity index (χ0n) is 18.1. The van der Waals surface area contributed by atoms with E-state index in [1.54, 1.807) is 0 Å². The lowest BCUT2D eigenvalue weighted by Gasteiger charge is -2.28. The third kappa shape index (κ3) is 4.28. The fraction of sp³-hybridized carbons (Fsp3) is 0.273. The number of rotatable bonds is 6. The molecule has 3 N–H and O–H groups in total. The Balaban J connectivity index is 1.89. The fourth-order valence-electron chi connectivity index (χ4n) is 3.91. The highest BCUT2D eigenvalue weighted by atomic mass is 19.4. The SMILES string of the molecule is COc1c(F)cccc1Nc1c(-c2ccncc2F)[nH]c2c1C(=O)NCC2CN(C)C(F)(F)F. The van der Waals surface area contributed by atoms with Crippen LogP contribution in [0, 0.1) is 11.6 Å². The van der Waals surface area contributed by atoms with Gasteiger partial charge in [0.15, 0.2) is 17.4 Å². The summed E-state index contributed by atoms with van der Waals surface area (Å²) >= 11 is 0. The Morgan fingerprint density at radius 3 is 2.68 bits per heavy atom. The molecule has 1 unspecified atom stereocenters. The van der Waals surface area contributed by atoms with Crippen LogP contribution < -0.4 is 15.4 Å². The number of aromatic amines is 1. The first-order valence-corrected chi connectivity index (χ1v) is 10.1. The molecule has 3 aromatic rings. The van der Waals surface area contributed by atoms with Gasteiger partial charge in [0.2, 0.25) is 0 Å². The minimum absolute atomic E-state index is 0.00403. The molecule has 34 heavy (non-hydrogen) atoms. The van der Waals surface area contributed by atoms with Crippen LogP contribution in [0.15, 0.2) is 36.7 Å². The highest BCUT2D eigenvalue weighted by Gasteiger charge is 2.39. The van der Waals surface area contributed by atoms with E-state index in [1.165, 1.54) is 37.6 Å². The molecular formula is C22H20F5N5O2. The lowest BCUT2D eigenvalue weighted by atomic mass is 9.95. The van der Waals surface area contributed by atoms with E-state index in [0.717, 1.165) is 13.2 Å². The summed E-state index contributed by atoms with van der Waals surface area (Å²) in [5, 5.41) is 5.51. The third-order valence-electron chi connectivity index (χ3n) is 5.57. The van der Waals surface area contributed by atoms with Gasteiger partial charge in [-0.05, 0) is 25.2 Å². The first-order valence-electron chi connectivity index (χ1n) is 10.1. The van der Waals surface area contributed by atoms with Gasteiger partial charge in [-0.25, -0.2) is 13.7 Å². The minimum atomic E-state index is -4.58. The second-order valence-corrected chi connectivity index (χ2v) is 7.72. The summed E-state index contributed by atoms with van der Waals surface area (Å²) in [6, 6.07) is 5.43. The number of ether oxygens (including phenoxy) is 1. The van der Waals surface area contributed by atoms with Gasteiger partial charge in [-0.1, -0.05) is 6.07 Å². The molecule has 1 atom stereocenters. The summed E-state index contributed by atoms with van der Waals surface area (Å²) < 4.78 is 73.6. The monoisotopic (exact) mass is 481 g/mol. The van der Waals surface area contributed by atoms with Gasteiger partial charge in [0.05, 0.1) is 35.9 Å². The second kappa shape index (κ2) is 8.93. The number of aromatic nitrogens is 2. The van der Waals surface area contributed by atoms with E-state index in [2.05, 4.69) is 20.6 Å². The molecule has 3 heterocycles. The maximum absolute atomic E-state index is 14.7. The number of pyridine rings is 1. The number of carbonyl (C=O) groups excluding carboxylic acids is 1. The number of amides is 1. The van der Waals surface area contributed by atoms with Gasteiger partial charge in [0, 0.05) is 36.5 Å². The molecule has 0 fully saturated rings. The average Bonchev–Trinajstić information content (AvgIpc) is 3.15. The molecule has 12 heteroatoms. The topological polar surface area (TPSA) is 82.3 Å². The number of benzene rings is 1. The van der Waals surface area contributed by atoms with E-state index in [-0.39, 0.29) is 51.1 Å². The molecule has 0 bridgehead atoms. The largest absolute Gasteiger partial charge is 0.492 e. The molecular weight excluding hydrogens is 461 g/mol. The third-order valence-corrected chi connectivity index (χ3v) is 5.57. The number of nitrogens with zero attached hydrogens (tertiary/aromatic N) is 2. The van der Waals surface area contributed by atoms with Crippen molar-refractivity contribution in [2.75, 3.05) is 32.6 Å². The Kier molecular flexibility index (Phi) is 6.17. The molecule has 0 aliphatic carbocycles. The average molecular weight is 481 g/mol. The molecule has 1 amide bonds. The number of anilines is 2. The number of hydrogen-bond donors (Lipinski definition) is 3. The quantitative estimate of drug-likeness (QED) is 0.360. The van der Waals surface area contributed by atoms with Crippen LogP contribution in [0.4, 0.5) is 33.3 Å². The van der Waals surface area contributed by atoms with E-state index >= 15 is 0 Å². The van der Waals surface area contributed by atoms with Crippen LogP contribution in [0.1, 0.15) is 22.0 Å². The zero-order valence-corrected chi connectivity index (χ0v) is 18.1. The van der Waals surface area contributed by atoms with Gasteiger partial charge in [-0.15, -0.1) is 0 Å². The standard InChI is InChI=1S/C22H20F5N5O2/c1-32(22(25,26)27)10-11-8-29-21(33)16-17(11)31-18(12-6-7-28-9-14(12)24)19(16)30-15-5-3-4-13(23)20(15)34-2/h3-7,9,11,30-31H,8,10H2,1-2H3,(H,29,33). The van der Waals surface area contributed by atoms with Crippen molar-refractivity contribution in [2.45, 2.75) is 12.2 Å². The van der Waals surface area contributed by atoms with E-state index in [4.69, 9.17) is 4.74 Å².